The molecule has 1 unspecified atom stereocenters. The Bertz CT molecular complexity index is 324. The Balaban J connectivity index is 2.30. The van der Waals surface area contributed by atoms with E-state index in [0.29, 0.717) is 0 Å². The van der Waals surface area contributed by atoms with Crippen LogP contribution in [0.4, 0.5) is 0 Å². The number of nitrogens with one attached hydrogen (secondary N) is 1. The molecule has 0 radical (unpaired) electrons. The highest BCUT2D eigenvalue weighted by Crippen LogP contribution is 2.08. The molecule has 1 aromatic rings. The maximum atomic E-state index is 11.8. The highest BCUT2D eigenvalue weighted by Gasteiger charge is 2.15. The Labute approximate surface area is 107 Å². The van der Waals surface area contributed by atoms with Crippen molar-refractivity contribution in [3.8, 4) is 0 Å². The average Bonchev–Trinajstić information content (AvgIpc) is 2.78. The van der Waals surface area contributed by atoms with Crippen molar-refractivity contribution in [1.82, 2.24) is 5.32 Å². The van der Waals surface area contributed by atoms with E-state index in [-0.39, 0.29) is 18.0 Å². The molecule has 0 aromatic carbocycles. The van der Waals surface area contributed by atoms with Crippen LogP contribution in [0, 0.1) is 0 Å². The van der Waals surface area contributed by atoms with Crippen molar-refractivity contribution in [3.05, 3.63) is 22.4 Å². The number of amides is 1. The first-order chi connectivity index (χ1) is 8.13. The van der Waals surface area contributed by atoms with Gasteiger partial charge in [-0.2, -0.15) is 11.3 Å². The van der Waals surface area contributed by atoms with E-state index >= 15 is 0 Å². The third kappa shape index (κ3) is 5.33. The fourth-order valence-corrected chi connectivity index (χ4v) is 2.40. The summed E-state index contributed by atoms with van der Waals surface area (Å²) in [5.41, 5.74) is 7.08. The van der Waals surface area contributed by atoms with Gasteiger partial charge in [0.05, 0.1) is 6.04 Å². The van der Waals surface area contributed by atoms with Gasteiger partial charge >= 0.3 is 0 Å². The highest BCUT2D eigenvalue weighted by atomic mass is 32.1. The second-order valence-corrected chi connectivity index (χ2v) is 5.27. The Morgan fingerprint density at radius 1 is 1.59 bits per heavy atom. The molecule has 0 aliphatic carbocycles. The molecule has 0 saturated carbocycles. The van der Waals surface area contributed by atoms with Gasteiger partial charge in [-0.25, -0.2) is 0 Å². The first kappa shape index (κ1) is 14.2. The third-order valence-corrected chi connectivity index (χ3v) is 3.45. The summed E-state index contributed by atoms with van der Waals surface area (Å²) in [4.78, 5) is 11.8. The summed E-state index contributed by atoms with van der Waals surface area (Å²) in [7, 11) is 0. The molecule has 1 amide bonds. The number of hydrogen-bond donors (Lipinski definition) is 2. The summed E-state index contributed by atoms with van der Waals surface area (Å²) in [6.07, 6.45) is 3.72. The molecule has 0 saturated heterocycles. The summed E-state index contributed by atoms with van der Waals surface area (Å²) >= 11 is 1.68. The summed E-state index contributed by atoms with van der Waals surface area (Å²) in [6, 6.07) is 1.87. The van der Waals surface area contributed by atoms with Crippen molar-refractivity contribution in [2.45, 2.75) is 51.6 Å². The molecule has 1 rings (SSSR count). The molecular formula is C13H22N2OS. The van der Waals surface area contributed by atoms with Crippen LogP contribution in [0.25, 0.3) is 0 Å². The van der Waals surface area contributed by atoms with E-state index in [0.717, 1.165) is 25.7 Å². The second kappa shape index (κ2) is 7.45. The molecule has 0 aliphatic rings. The molecule has 2 atom stereocenters. The number of carbonyl (C=O) groups is 1. The molecular weight excluding hydrogens is 232 g/mol. The fraction of sp³-hybridized carbons (Fsp3) is 0.615. The molecule has 17 heavy (non-hydrogen) atoms. The lowest BCUT2D eigenvalue weighted by molar-refractivity contribution is -0.123. The maximum absolute atomic E-state index is 11.8. The van der Waals surface area contributed by atoms with Crippen LogP contribution in [-0.4, -0.2) is 18.0 Å². The van der Waals surface area contributed by atoms with Gasteiger partial charge in [0.1, 0.15) is 0 Å². The van der Waals surface area contributed by atoms with Gasteiger partial charge in [0.25, 0.3) is 0 Å². The number of nitrogens with two attached hydrogens (primary N) is 1. The van der Waals surface area contributed by atoms with Gasteiger partial charge in [0, 0.05) is 6.04 Å². The Hall–Kier alpha value is -0.870. The van der Waals surface area contributed by atoms with Crippen molar-refractivity contribution in [2.24, 2.45) is 5.73 Å². The molecule has 4 heteroatoms. The number of carbonyl (C=O) groups excluding carboxylic acids is 1. The number of rotatable bonds is 7. The van der Waals surface area contributed by atoms with Crippen molar-refractivity contribution in [1.29, 1.82) is 0 Å². The molecule has 96 valence electrons. The van der Waals surface area contributed by atoms with E-state index in [1.54, 1.807) is 11.3 Å². The minimum Gasteiger partial charge on any atom is -0.352 e. The summed E-state index contributed by atoms with van der Waals surface area (Å²) in [5.74, 6) is -0.0267. The van der Waals surface area contributed by atoms with E-state index in [9.17, 15) is 4.79 Å². The SMILES string of the molecule is CCCC[C@H](N)C(=O)NC(C)Cc1ccsc1. The van der Waals surface area contributed by atoms with Gasteiger partial charge in [-0.3, -0.25) is 4.79 Å². The van der Waals surface area contributed by atoms with Crippen molar-refractivity contribution < 1.29 is 4.79 Å². The highest BCUT2D eigenvalue weighted by molar-refractivity contribution is 7.07. The predicted octanol–water partition coefficient (Wildman–Crippen LogP) is 2.31. The van der Waals surface area contributed by atoms with Crippen LogP contribution in [-0.2, 0) is 11.2 Å². The number of thiophene rings is 1. The number of hydrogen-bond acceptors (Lipinski definition) is 3. The Morgan fingerprint density at radius 2 is 2.35 bits per heavy atom. The minimum absolute atomic E-state index is 0.0267. The smallest absolute Gasteiger partial charge is 0.237 e. The van der Waals surface area contributed by atoms with Gasteiger partial charge in [-0.05, 0) is 42.2 Å². The molecule has 0 aliphatic heterocycles. The van der Waals surface area contributed by atoms with Crippen LogP contribution in [0.2, 0.25) is 0 Å². The van der Waals surface area contributed by atoms with Crippen LogP contribution >= 0.6 is 11.3 Å². The van der Waals surface area contributed by atoms with Crippen molar-refractivity contribution >= 4 is 17.2 Å². The zero-order chi connectivity index (χ0) is 12.7. The van der Waals surface area contributed by atoms with E-state index < -0.39 is 0 Å². The van der Waals surface area contributed by atoms with E-state index in [1.165, 1.54) is 5.56 Å². The van der Waals surface area contributed by atoms with E-state index in [4.69, 9.17) is 5.73 Å². The summed E-state index contributed by atoms with van der Waals surface area (Å²) < 4.78 is 0. The van der Waals surface area contributed by atoms with Crippen molar-refractivity contribution in [3.63, 3.8) is 0 Å². The van der Waals surface area contributed by atoms with E-state index in [2.05, 4.69) is 29.1 Å². The normalized spacial score (nSPS) is 14.3. The monoisotopic (exact) mass is 254 g/mol. The van der Waals surface area contributed by atoms with E-state index in [1.807, 2.05) is 6.92 Å². The molecule has 3 nitrogen and oxygen atoms in total. The predicted molar refractivity (Wildman–Crippen MR) is 73.1 cm³/mol. The molecule has 0 fully saturated rings. The topological polar surface area (TPSA) is 55.1 Å². The van der Waals surface area contributed by atoms with Crippen LogP contribution in [0.1, 0.15) is 38.7 Å². The average molecular weight is 254 g/mol. The van der Waals surface area contributed by atoms with Crippen LogP contribution in [0.5, 0.6) is 0 Å². The largest absolute Gasteiger partial charge is 0.352 e. The van der Waals surface area contributed by atoms with Gasteiger partial charge in [-0.15, -0.1) is 0 Å². The van der Waals surface area contributed by atoms with Crippen molar-refractivity contribution in [2.75, 3.05) is 0 Å². The van der Waals surface area contributed by atoms with Gasteiger partial charge in [0.2, 0.25) is 5.91 Å². The zero-order valence-electron chi connectivity index (χ0n) is 10.6. The molecule has 0 bridgehead atoms. The quantitative estimate of drug-likeness (QED) is 0.784. The lowest BCUT2D eigenvalue weighted by Gasteiger charge is -2.17. The first-order valence-electron chi connectivity index (χ1n) is 6.20. The Kier molecular flexibility index (Phi) is 6.22. The van der Waals surface area contributed by atoms with Gasteiger partial charge < -0.3 is 11.1 Å². The van der Waals surface area contributed by atoms with Crippen LogP contribution < -0.4 is 11.1 Å². The number of unbranched alkanes of at least 4 members (excludes halogenated alkanes) is 1. The molecule has 3 N–H and O–H groups in total. The Morgan fingerprint density at radius 3 is 2.94 bits per heavy atom. The summed E-state index contributed by atoms with van der Waals surface area (Å²) in [6.45, 7) is 4.12. The van der Waals surface area contributed by atoms with Crippen LogP contribution in [0.3, 0.4) is 0 Å². The fourth-order valence-electron chi connectivity index (χ4n) is 1.72. The minimum atomic E-state index is -0.361. The lowest BCUT2D eigenvalue weighted by Crippen LogP contribution is -2.45. The third-order valence-electron chi connectivity index (χ3n) is 2.72. The second-order valence-electron chi connectivity index (χ2n) is 4.49. The van der Waals surface area contributed by atoms with Gasteiger partial charge in [-0.1, -0.05) is 19.8 Å². The standard InChI is InChI=1S/C13H22N2OS/c1-3-4-5-12(14)13(16)15-10(2)8-11-6-7-17-9-11/h6-7,9-10,12H,3-5,8,14H2,1-2H3,(H,15,16)/t10?,12-/m0/s1. The zero-order valence-corrected chi connectivity index (χ0v) is 11.4. The summed E-state index contributed by atoms with van der Waals surface area (Å²) in [5, 5.41) is 7.13. The molecule has 1 heterocycles. The van der Waals surface area contributed by atoms with Gasteiger partial charge in [0.15, 0.2) is 0 Å². The maximum Gasteiger partial charge on any atom is 0.237 e. The molecule has 0 spiro atoms. The molecule has 1 aromatic heterocycles. The van der Waals surface area contributed by atoms with Crippen LogP contribution in [0.15, 0.2) is 16.8 Å². The first-order valence-corrected chi connectivity index (χ1v) is 7.14. The lowest BCUT2D eigenvalue weighted by atomic mass is 10.1.